The molecule has 0 N–H and O–H groups in total. The van der Waals surface area contributed by atoms with E-state index < -0.39 is 0 Å². The Hall–Kier alpha value is -1.19. The lowest BCUT2D eigenvalue weighted by Gasteiger charge is -2.08. The Morgan fingerprint density at radius 2 is 1.78 bits per heavy atom. The quantitative estimate of drug-likeness (QED) is 0.562. The molecule has 0 atom stereocenters. The number of nitrogens with zero attached hydrogens (tertiary/aromatic N) is 1. The van der Waals surface area contributed by atoms with Gasteiger partial charge >= 0.3 is 0 Å². The van der Waals surface area contributed by atoms with E-state index in [-0.39, 0.29) is 0 Å². The average Bonchev–Trinajstić information content (AvgIpc) is 2.39. The number of benzene rings is 2. The molecule has 1 nitrogen and oxygen atoms in total. The third-order valence-corrected chi connectivity index (χ3v) is 4.09. The Kier molecular flexibility index (Phi) is 3.18. The van der Waals surface area contributed by atoms with Crippen LogP contribution in [0.3, 0.4) is 0 Å². The molecule has 0 aliphatic heterocycles. The average molecular weight is 363 g/mol. The second-order valence-electron chi connectivity index (χ2n) is 4.03. The predicted molar refractivity (Wildman–Crippen MR) is 82.6 cm³/mol. The van der Waals surface area contributed by atoms with Crippen LogP contribution in [0, 0.1) is 0 Å². The molecule has 0 radical (unpaired) electrons. The van der Waals surface area contributed by atoms with Crippen LogP contribution in [-0.2, 0) is 0 Å². The van der Waals surface area contributed by atoms with E-state index in [2.05, 4.69) is 73.2 Å². The maximum atomic E-state index is 4.19. The van der Waals surface area contributed by atoms with Crippen LogP contribution in [0.4, 0.5) is 0 Å². The fraction of sp³-hybridized carbons (Fsp3) is 0. The van der Waals surface area contributed by atoms with E-state index in [1.165, 1.54) is 16.5 Å². The van der Waals surface area contributed by atoms with Gasteiger partial charge in [0.05, 0.1) is 0 Å². The van der Waals surface area contributed by atoms with Crippen LogP contribution in [-0.4, -0.2) is 4.98 Å². The summed E-state index contributed by atoms with van der Waals surface area (Å²) >= 11 is 7.09. The SMILES string of the molecule is Brc1cccc(-c2ccc(Br)c3cnccc23)c1. The normalized spacial score (nSPS) is 10.8. The number of halogens is 2. The van der Waals surface area contributed by atoms with Gasteiger partial charge in [0.1, 0.15) is 0 Å². The summed E-state index contributed by atoms with van der Waals surface area (Å²) in [6.07, 6.45) is 3.72. The second-order valence-corrected chi connectivity index (χ2v) is 5.80. The molecule has 3 rings (SSSR count). The van der Waals surface area contributed by atoms with Crippen LogP contribution in [0.25, 0.3) is 21.9 Å². The van der Waals surface area contributed by atoms with Gasteiger partial charge in [0, 0.05) is 26.7 Å². The molecule has 0 bridgehead atoms. The fourth-order valence-electron chi connectivity index (χ4n) is 2.06. The van der Waals surface area contributed by atoms with E-state index >= 15 is 0 Å². The second kappa shape index (κ2) is 4.82. The minimum absolute atomic E-state index is 1.07. The highest BCUT2D eigenvalue weighted by Crippen LogP contribution is 2.33. The zero-order chi connectivity index (χ0) is 12.5. The van der Waals surface area contributed by atoms with Crippen LogP contribution in [0.2, 0.25) is 0 Å². The third kappa shape index (κ3) is 2.08. The standard InChI is InChI=1S/C15H9Br2N/c16-11-3-1-2-10(8-11)12-4-5-15(17)14-9-18-7-6-13(12)14/h1-9H. The minimum atomic E-state index is 1.07. The van der Waals surface area contributed by atoms with Crippen molar-refractivity contribution < 1.29 is 0 Å². The van der Waals surface area contributed by atoms with Crippen molar-refractivity contribution in [2.24, 2.45) is 0 Å². The van der Waals surface area contributed by atoms with Crippen LogP contribution in [0.1, 0.15) is 0 Å². The highest BCUT2D eigenvalue weighted by molar-refractivity contribution is 9.11. The molecule has 0 saturated heterocycles. The largest absolute Gasteiger partial charge is 0.264 e. The zero-order valence-electron chi connectivity index (χ0n) is 9.40. The lowest BCUT2D eigenvalue weighted by Crippen LogP contribution is -1.83. The summed E-state index contributed by atoms with van der Waals surface area (Å²) in [5.41, 5.74) is 2.42. The van der Waals surface area contributed by atoms with Gasteiger partial charge in [0.15, 0.2) is 0 Å². The Balaban J connectivity index is 2.33. The van der Waals surface area contributed by atoms with E-state index in [0.717, 1.165) is 14.3 Å². The summed E-state index contributed by atoms with van der Waals surface area (Å²) in [5, 5.41) is 2.34. The Bertz CT molecular complexity index is 723. The van der Waals surface area contributed by atoms with Gasteiger partial charge in [0.25, 0.3) is 0 Å². The minimum Gasteiger partial charge on any atom is -0.264 e. The molecule has 0 unspecified atom stereocenters. The van der Waals surface area contributed by atoms with Gasteiger partial charge in [-0.1, -0.05) is 50.1 Å². The van der Waals surface area contributed by atoms with Gasteiger partial charge in [-0.25, -0.2) is 0 Å². The molecule has 0 saturated carbocycles. The lowest BCUT2D eigenvalue weighted by atomic mass is 10.00. The van der Waals surface area contributed by atoms with Crippen molar-refractivity contribution >= 4 is 42.6 Å². The summed E-state index contributed by atoms with van der Waals surface area (Å²) in [6.45, 7) is 0. The monoisotopic (exact) mass is 361 g/mol. The molecule has 0 amide bonds. The molecular weight excluding hydrogens is 354 g/mol. The fourth-order valence-corrected chi connectivity index (χ4v) is 2.91. The van der Waals surface area contributed by atoms with Gasteiger partial charge in [-0.15, -0.1) is 0 Å². The highest BCUT2D eigenvalue weighted by atomic mass is 79.9. The van der Waals surface area contributed by atoms with Crippen molar-refractivity contribution in [3.8, 4) is 11.1 Å². The molecule has 1 heterocycles. The zero-order valence-corrected chi connectivity index (χ0v) is 12.6. The lowest BCUT2D eigenvalue weighted by molar-refractivity contribution is 1.36. The first-order valence-corrected chi connectivity index (χ1v) is 7.12. The Morgan fingerprint density at radius 3 is 2.61 bits per heavy atom. The molecule has 0 fully saturated rings. The first-order valence-electron chi connectivity index (χ1n) is 5.54. The maximum Gasteiger partial charge on any atom is 0.0357 e. The summed E-state index contributed by atoms with van der Waals surface area (Å²) < 4.78 is 2.16. The van der Waals surface area contributed by atoms with Gasteiger partial charge in [-0.05, 0) is 40.8 Å². The molecule has 3 heteroatoms. The van der Waals surface area contributed by atoms with E-state index in [1.54, 1.807) is 0 Å². The number of aromatic nitrogens is 1. The molecule has 0 aliphatic carbocycles. The van der Waals surface area contributed by atoms with Crippen molar-refractivity contribution in [1.82, 2.24) is 4.98 Å². The summed E-state index contributed by atoms with van der Waals surface area (Å²) in [7, 11) is 0. The van der Waals surface area contributed by atoms with Gasteiger partial charge in [-0.2, -0.15) is 0 Å². The van der Waals surface area contributed by atoms with Crippen molar-refractivity contribution in [2.75, 3.05) is 0 Å². The van der Waals surface area contributed by atoms with Crippen molar-refractivity contribution in [1.29, 1.82) is 0 Å². The van der Waals surface area contributed by atoms with Crippen molar-refractivity contribution in [2.45, 2.75) is 0 Å². The maximum absolute atomic E-state index is 4.19. The molecule has 3 aromatic rings. The summed E-state index contributed by atoms with van der Waals surface area (Å²) in [5.74, 6) is 0. The van der Waals surface area contributed by atoms with E-state index in [0.29, 0.717) is 0 Å². The van der Waals surface area contributed by atoms with Crippen LogP contribution < -0.4 is 0 Å². The number of fused-ring (bicyclic) bond motifs is 1. The van der Waals surface area contributed by atoms with Gasteiger partial charge < -0.3 is 0 Å². The smallest absolute Gasteiger partial charge is 0.0357 e. The number of hydrogen-bond acceptors (Lipinski definition) is 1. The molecule has 1 aromatic heterocycles. The van der Waals surface area contributed by atoms with Crippen molar-refractivity contribution in [3.63, 3.8) is 0 Å². The van der Waals surface area contributed by atoms with E-state index in [9.17, 15) is 0 Å². The first-order chi connectivity index (χ1) is 8.75. The topological polar surface area (TPSA) is 12.9 Å². The third-order valence-electron chi connectivity index (χ3n) is 2.90. The van der Waals surface area contributed by atoms with Gasteiger partial charge in [0.2, 0.25) is 0 Å². The van der Waals surface area contributed by atoms with Crippen LogP contribution >= 0.6 is 31.9 Å². The van der Waals surface area contributed by atoms with Crippen LogP contribution in [0.15, 0.2) is 63.8 Å². The van der Waals surface area contributed by atoms with Gasteiger partial charge in [-0.3, -0.25) is 4.98 Å². The van der Waals surface area contributed by atoms with Crippen molar-refractivity contribution in [3.05, 3.63) is 63.8 Å². The molecule has 2 aromatic carbocycles. The molecular formula is C15H9Br2N. The molecule has 18 heavy (non-hydrogen) atoms. The highest BCUT2D eigenvalue weighted by Gasteiger charge is 2.06. The number of pyridine rings is 1. The summed E-state index contributed by atoms with van der Waals surface area (Å²) in [4.78, 5) is 4.19. The van der Waals surface area contributed by atoms with Crippen LogP contribution in [0.5, 0.6) is 0 Å². The van der Waals surface area contributed by atoms with E-state index in [1.807, 2.05) is 18.5 Å². The molecule has 0 aliphatic rings. The summed E-state index contributed by atoms with van der Waals surface area (Å²) in [6, 6.07) is 14.6. The Morgan fingerprint density at radius 1 is 0.889 bits per heavy atom. The first kappa shape index (κ1) is 11.9. The molecule has 0 spiro atoms. The molecule has 88 valence electrons. The van der Waals surface area contributed by atoms with E-state index in [4.69, 9.17) is 0 Å². The Labute approximate surface area is 122 Å². The number of hydrogen-bond donors (Lipinski definition) is 0. The number of rotatable bonds is 1. The predicted octanol–water partition coefficient (Wildman–Crippen LogP) is 5.43.